The van der Waals surface area contributed by atoms with Gasteiger partial charge in [0.2, 0.25) is 0 Å². The fourth-order valence-electron chi connectivity index (χ4n) is 5.45. The number of methoxy groups -OCH3 is 1. The molecule has 0 spiro atoms. The zero-order chi connectivity index (χ0) is 23.2. The van der Waals surface area contributed by atoms with Crippen molar-refractivity contribution in [1.82, 2.24) is 9.88 Å². The summed E-state index contributed by atoms with van der Waals surface area (Å²) < 4.78 is 6.01. The second-order valence-electron chi connectivity index (χ2n) is 9.26. The molecule has 0 amide bonds. The van der Waals surface area contributed by atoms with Gasteiger partial charge in [-0.05, 0) is 62.3 Å². The summed E-state index contributed by atoms with van der Waals surface area (Å²) in [6.45, 7) is 8.66. The molecule has 174 valence electrons. The number of ether oxygens (including phenoxy) is 1. The maximum absolute atomic E-state index is 6.01. The van der Waals surface area contributed by atoms with Gasteiger partial charge >= 0.3 is 0 Å². The number of rotatable bonds is 8. The first-order valence-electron chi connectivity index (χ1n) is 12.6. The molecule has 1 aromatic heterocycles. The molecule has 1 aliphatic heterocycles. The van der Waals surface area contributed by atoms with Crippen LogP contribution in [-0.2, 0) is 25.8 Å². The van der Waals surface area contributed by atoms with E-state index in [0.717, 1.165) is 49.4 Å². The summed E-state index contributed by atoms with van der Waals surface area (Å²) in [7, 11) is 1.81. The number of piperidine rings is 1. The Hall–Kier alpha value is -2.65. The van der Waals surface area contributed by atoms with Crippen LogP contribution in [0.1, 0.15) is 60.9 Å². The van der Waals surface area contributed by atoms with E-state index in [4.69, 9.17) is 9.72 Å². The summed E-state index contributed by atoms with van der Waals surface area (Å²) in [5.41, 5.74) is 8.87. The molecular weight excluding hydrogens is 404 g/mol. The molecule has 3 aromatic rings. The van der Waals surface area contributed by atoms with E-state index in [1.807, 2.05) is 0 Å². The third-order valence-electron chi connectivity index (χ3n) is 7.21. The Bertz CT molecular complexity index is 1040. The molecule has 1 fully saturated rings. The van der Waals surface area contributed by atoms with Crippen LogP contribution in [0.4, 0.5) is 0 Å². The minimum Gasteiger partial charge on any atom is -0.496 e. The first-order chi connectivity index (χ1) is 16.2. The lowest BCUT2D eigenvalue weighted by atomic mass is 9.91. The fraction of sp³-hybridized carbons (Fsp3) is 0.433. The van der Waals surface area contributed by atoms with Crippen molar-refractivity contribution in [2.75, 3.05) is 13.7 Å². The monoisotopic (exact) mass is 442 g/mol. The van der Waals surface area contributed by atoms with Crippen molar-refractivity contribution in [3.8, 4) is 17.0 Å². The van der Waals surface area contributed by atoms with E-state index < -0.39 is 0 Å². The molecular formula is C30H38N2O. The van der Waals surface area contributed by atoms with Gasteiger partial charge in [-0.25, -0.2) is 0 Å². The van der Waals surface area contributed by atoms with Crippen molar-refractivity contribution in [1.29, 1.82) is 0 Å². The predicted molar refractivity (Wildman–Crippen MR) is 138 cm³/mol. The number of aryl methyl sites for hydroxylation is 2. The minimum atomic E-state index is 0.568. The number of hydrogen-bond acceptors (Lipinski definition) is 3. The van der Waals surface area contributed by atoms with E-state index in [9.17, 15) is 0 Å². The van der Waals surface area contributed by atoms with Crippen molar-refractivity contribution in [3.05, 3.63) is 82.5 Å². The van der Waals surface area contributed by atoms with Gasteiger partial charge in [0.15, 0.2) is 0 Å². The molecule has 2 heterocycles. The van der Waals surface area contributed by atoms with Gasteiger partial charge in [-0.15, -0.1) is 0 Å². The van der Waals surface area contributed by atoms with Gasteiger partial charge < -0.3 is 4.74 Å². The van der Waals surface area contributed by atoms with Gasteiger partial charge in [-0.1, -0.05) is 68.8 Å². The van der Waals surface area contributed by atoms with Gasteiger partial charge in [-0.2, -0.15) is 0 Å². The average Bonchev–Trinajstić information content (AvgIpc) is 2.86. The summed E-state index contributed by atoms with van der Waals surface area (Å²) in [5, 5.41) is 0. The number of nitrogens with zero attached hydrogens (tertiary/aromatic N) is 2. The Labute approximate surface area is 199 Å². The molecule has 4 rings (SSSR count). The summed E-state index contributed by atoms with van der Waals surface area (Å²) in [6.07, 6.45) is 9.02. The van der Waals surface area contributed by atoms with Crippen LogP contribution in [0.2, 0.25) is 0 Å². The second kappa shape index (κ2) is 11.0. The smallest absolute Gasteiger partial charge is 0.129 e. The van der Waals surface area contributed by atoms with Crippen LogP contribution in [0.15, 0.2) is 54.7 Å². The van der Waals surface area contributed by atoms with Gasteiger partial charge in [0.1, 0.15) is 5.75 Å². The van der Waals surface area contributed by atoms with Gasteiger partial charge in [0, 0.05) is 35.5 Å². The zero-order valence-corrected chi connectivity index (χ0v) is 20.7. The molecule has 0 bridgehead atoms. The van der Waals surface area contributed by atoms with Gasteiger partial charge in [0.25, 0.3) is 0 Å². The first-order valence-corrected chi connectivity index (χ1v) is 12.6. The van der Waals surface area contributed by atoms with Crippen LogP contribution in [0.3, 0.4) is 0 Å². The van der Waals surface area contributed by atoms with Crippen LogP contribution in [0, 0.1) is 6.92 Å². The standard InChI is InChI=1S/C30H38N2O/c1-5-24-15-12-16-25(6-2)28(24)29-22(3)30(33-4)26(20-31-29)21-32-18-11-10-17-27(32)19-23-13-8-7-9-14-23/h7-9,12-16,20,27H,5-6,10-11,17-19,21H2,1-4H3. The maximum Gasteiger partial charge on any atom is 0.129 e. The number of aromatic nitrogens is 1. The molecule has 1 saturated heterocycles. The van der Waals surface area contributed by atoms with Crippen LogP contribution in [0.25, 0.3) is 11.3 Å². The summed E-state index contributed by atoms with van der Waals surface area (Å²) >= 11 is 0. The lowest BCUT2D eigenvalue weighted by molar-refractivity contribution is 0.137. The second-order valence-corrected chi connectivity index (χ2v) is 9.26. The van der Waals surface area contributed by atoms with Crippen molar-refractivity contribution in [3.63, 3.8) is 0 Å². The third kappa shape index (κ3) is 5.14. The molecule has 3 heteroatoms. The molecule has 2 aromatic carbocycles. The van der Waals surface area contributed by atoms with Crippen LogP contribution in [-0.4, -0.2) is 29.6 Å². The normalized spacial score (nSPS) is 16.7. The lowest BCUT2D eigenvalue weighted by Crippen LogP contribution is -2.40. The molecule has 1 unspecified atom stereocenters. The minimum absolute atomic E-state index is 0.568. The molecule has 0 aliphatic carbocycles. The molecule has 0 radical (unpaired) electrons. The Balaban J connectivity index is 1.65. The van der Waals surface area contributed by atoms with Crippen LogP contribution >= 0.6 is 0 Å². The number of benzene rings is 2. The number of hydrogen-bond donors (Lipinski definition) is 0. The highest BCUT2D eigenvalue weighted by molar-refractivity contribution is 5.73. The van der Waals surface area contributed by atoms with E-state index in [1.54, 1.807) is 7.11 Å². The largest absolute Gasteiger partial charge is 0.496 e. The Morgan fingerprint density at radius 2 is 1.67 bits per heavy atom. The fourth-order valence-corrected chi connectivity index (χ4v) is 5.45. The highest BCUT2D eigenvalue weighted by Crippen LogP contribution is 2.36. The quantitative estimate of drug-likeness (QED) is 0.384. The molecule has 1 atom stereocenters. The highest BCUT2D eigenvalue weighted by atomic mass is 16.5. The summed E-state index contributed by atoms with van der Waals surface area (Å²) in [6, 6.07) is 18.1. The topological polar surface area (TPSA) is 25.4 Å². The van der Waals surface area contributed by atoms with E-state index in [2.05, 4.69) is 80.4 Å². The zero-order valence-electron chi connectivity index (χ0n) is 20.7. The van der Waals surface area contributed by atoms with E-state index >= 15 is 0 Å². The SMILES string of the molecule is CCc1cccc(CC)c1-c1ncc(CN2CCCCC2Cc2ccccc2)c(OC)c1C. The Morgan fingerprint density at radius 1 is 0.939 bits per heavy atom. The molecule has 0 N–H and O–H groups in total. The summed E-state index contributed by atoms with van der Waals surface area (Å²) in [5.74, 6) is 0.997. The van der Waals surface area contributed by atoms with E-state index in [-0.39, 0.29) is 0 Å². The third-order valence-corrected chi connectivity index (χ3v) is 7.21. The average molecular weight is 443 g/mol. The maximum atomic E-state index is 6.01. The molecule has 1 aliphatic rings. The van der Waals surface area contributed by atoms with Crippen LogP contribution < -0.4 is 4.74 Å². The Morgan fingerprint density at radius 3 is 2.33 bits per heavy atom. The van der Waals surface area contributed by atoms with E-state index in [1.165, 1.54) is 47.1 Å². The van der Waals surface area contributed by atoms with Gasteiger partial charge in [-0.3, -0.25) is 9.88 Å². The number of pyridine rings is 1. The summed E-state index contributed by atoms with van der Waals surface area (Å²) in [4.78, 5) is 7.69. The van der Waals surface area contributed by atoms with Crippen molar-refractivity contribution in [2.45, 2.75) is 71.9 Å². The van der Waals surface area contributed by atoms with E-state index in [0.29, 0.717) is 6.04 Å². The molecule has 3 nitrogen and oxygen atoms in total. The lowest BCUT2D eigenvalue weighted by Gasteiger charge is -2.36. The molecule has 33 heavy (non-hydrogen) atoms. The Kier molecular flexibility index (Phi) is 7.82. The van der Waals surface area contributed by atoms with Crippen LogP contribution in [0.5, 0.6) is 5.75 Å². The van der Waals surface area contributed by atoms with Gasteiger partial charge in [0.05, 0.1) is 12.8 Å². The first kappa shape index (κ1) is 23.5. The number of likely N-dealkylation sites (tertiary alicyclic amines) is 1. The molecule has 0 saturated carbocycles. The predicted octanol–water partition coefficient (Wildman–Crippen LogP) is 6.79. The van der Waals surface area contributed by atoms with Crippen molar-refractivity contribution in [2.24, 2.45) is 0 Å². The van der Waals surface area contributed by atoms with Crippen molar-refractivity contribution >= 4 is 0 Å². The highest BCUT2D eigenvalue weighted by Gasteiger charge is 2.25. The van der Waals surface area contributed by atoms with Crippen molar-refractivity contribution < 1.29 is 4.74 Å².